The molecule has 0 aliphatic rings. The summed E-state index contributed by atoms with van der Waals surface area (Å²) in [5.74, 6) is 0. The number of imidazole rings is 1. The van der Waals surface area contributed by atoms with Gasteiger partial charge < -0.3 is 0 Å². The van der Waals surface area contributed by atoms with E-state index in [4.69, 9.17) is 0 Å². The van der Waals surface area contributed by atoms with Gasteiger partial charge in [0.05, 0.1) is 13.1 Å². The Kier molecular flexibility index (Phi) is 23.3. The number of hydrogen-bond acceptors (Lipinski definition) is 0. The van der Waals surface area contributed by atoms with Crippen molar-refractivity contribution < 1.29 is 4.57 Å². The van der Waals surface area contributed by atoms with Gasteiger partial charge in [-0.2, -0.15) is 0 Å². The molecule has 0 unspecified atom stereocenters. The van der Waals surface area contributed by atoms with Crippen LogP contribution in [-0.2, 0) is 13.1 Å². The van der Waals surface area contributed by atoms with Crippen molar-refractivity contribution in [1.29, 1.82) is 0 Å². The lowest BCUT2D eigenvalue weighted by Gasteiger charge is -2.03. The summed E-state index contributed by atoms with van der Waals surface area (Å²) in [6.45, 7) is 7.00. The van der Waals surface area contributed by atoms with Crippen LogP contribution in [0.5, 0.6) is 0 Å². The quantitative estimate of drug-likeness (QED) is 0.0883. The molecule has 0 atom stereocenters. The fraction of sp³-hybridized carbons (Fsp3) is 0.906. The zero-order valence-electron chi connectivity index (χ0n) is 23.7. The molecule has 0 bridgehead atoms. The minimum Gasteiger partial charge on any atom is -0.237 e. The van der Waals surface area contributed by atoms with Crippen LogP contribution in [-0.4, -0.2) is 4.57 Å². The molecule has 0 N–H and O–H groups in total. The van der Waals surface area contributed by atoms with Crippen LogP contribution in [0.2, 0.25) is 0 Å². The minimum atomic E-state index is 1.20. The first-order chi connectivity index (χ1) is 16.9. The van der Waals surface area contributed by atoms with E-state index < -0.39 is 0 Å². The lowest BCUT2D eigenvalue weighted by atomic mass is 10.0. The summed E-state index contributed by atoms with van der Waals surface area (Å²) >= 11 is 0. The summed E-state index contributed by atoms with van der Waals surface area (Å²) < 4.78 is 4.80. The number of aryl methyl sites for hydroxylation is 2. The van der Waals surface area contributed by atoms with Crippen molar-refractivity contribution in [2.45, 2.75) is 187 Å². The van der Waals surface area contributed by atoms with Crippen LogP contribution < -0.4 is 4.57 Å². The summed E-state index contributed by atoms with van der Waals surface area (Å²) in [5, 5.41) is 0. The molecule has 2 nitrogen and oxygen atoms in total. The van der Waals surface area contributed by atoms with Crippen LogP contribution in [0, 0.1) is 0 Å². The van der Waals surface area contributed by atoms with Gasteiger partial charge in [0.1, 0.15) is 12.4 Å². The van der Waals surface area contributed by atoms with Crippen molar-refractivity contribution in [3.63, 3.8) is 0 Å². The van der Waals surface area contributed by atoms with Crippen LogP contribution in [0.1, 0.15) is 174 Å². The predicted molar refractivity (Wildman–Crippen MR) is 151 cm³/mol. The molecule has 0 radical (unpaired) electrons. The van der Waals surface area contributed by atoms with E-state index in [2.05, 4.69) is 41.7 Å². The highest BCUT2D eigenvalue weighted by Crippen LogP contribution is 2.13. The first-order valence-corrected chi connectivity index (χ1v) is 15.9. The third kappa shape index (κ3) is 20.6. The molecule has 0 spiro atoms. The third-order valence-corrected chi connectivity index (χ3v) is 7.54. The lowest BCUT2D eigenvalue weighted by molar-refractivity contribution is -0.696. The van der Waals surface area contributed by atoms with Gasteiger partial charge in [-0.25, -0.2) is 9.13 Å². The Balaban J connectivity index is 1.82. The van der Waals surface area contributed by atoms with Gasteiger partial charge in [-0.1, -0.05) is 149 Å². The maximum atomic E-state index is 2.40. The highest BCUT2D eigenvalue weighted by atomic mass is 15.1. The number of aromatic nitrogens is 2. The first-order valence-electron chi connectivity index (χ1n) is 15.9. The molecule has 0 amide bonds. The zero-order valence-corrected chi connectivity index (χ0v) is 23.7. The smallest absolute Gasteiger partial charge is 0.237 e. The van der Waals surface area contributed by atoms with Crippen LogP contribution in [0.3, 0.4) is 0 Å². The van der Waals surface area contributed by atoms with E-state index in [1.807, 2.05) is 0 Å². The average Bonchev–Trinajstić information content (AvgIpc) is 3.30. The Morgan fingerprint density at radius 2 is 0.794 bits per heavy atom. The Labute approximate surface area is 215 Å². The second kappa shape index (κ2) is 25.3. The van der Waals surface area contributed by atoms with Gasteiger partial charge >= 0.3 is 0 Å². The van der Waals surface area contributed by atoms with Gasteiger partial charge in [-0.3, -0.25) is 0 Å². The number of rotatable bonds is 27. The molecule has 0 fully saturated rings. The average molecular weight is 476 g/mol. The van der Waals surface area contributed by atoms with E-state index in [0.29, 0.717) is 0 Å². The van der Waals surface area contributed by atoms with Gasteiger partial charge in [0.15, 0.2) is 0 Å². The van der Waals surface area contributed by atoms with Crippen LogP contribution in [0.25, 0.3) is 0 Å². The summed E-state index contributed by atoms with van der Waals surface area (Å²) in [6, 6.07) is 0. The second-order valence-electron chi connectivity index (χ2n) is 11.0. The molecule has 1 heterocycles. The fourth-order valence-corrected chi connectivity index (χ4v) is 5.15. The molecule has 0 saturated heterocycles. The molecule has 2 heteroatoms. The van der Waals surface area contributed by atoms with Crippen LogP contribution >= 0.6 is 0 Å². The number of unbranched alkanes of at least 4 members (excludes halogenated alkanes) is 23. The molecule has 0 aliphatic heterocycles. The summed E-state index contributed by atoms with van der Waals surface area (Å²) in [4.78, 5) is 0. The maximum absolute atomic E-state index is 2.40. The van der Waals surface area contributed by atoms with Gasteiger partial charge in [0.25, 0.3) is 0 Å². The predicted octanol–water partition coefficient (Wildman–Crippen LogP) is 10.6. The first kappa shape index (κ1) is 31.2. The van der Waals surface area contributed by atoms with E-state index in [-0.39, 0.29) is 0 Å². The van der Waals surface area contributed by atoms with E-state index in [0.717, 1.165) is 0 Å². The highest BCUT2D eigenvalue weighted by molar-refractivity contribution is 4.66. The standard InChI is InChI=1S/C32H63N2/c1-3-5-7-9-11-13-15-16-17-19-21-23-25-27-29-34-31-30-33(32-34)28-26-24-22-20-18-14-12-10-8-6-4-2/h30-32H,3-29H2,1-2H3/q+1. The van der Waals surface area contributed by atoms with Gasteiger partial charge in [-0.05, 0) is 25.7 Å². The fourth-order valence-electron chi connectivity index (χ4n) is 5.15. The topological polar surface area (TPSA) is 8.81 Å². The van der Waals surface area contributed by atoms with Crippen molar-refractivity contribution in [3.05, 3.63) is 18.7 Å². The van der Waals surface area contributed by atoms with E-state index in [1.165, 1.54) is 174 Å². The molecule has 1 aromatic rings. The molecule has 0 saturated carbocycles. The molecule has 34 heavy (non-hydrogen) atoms. The van der Waals surface area contributed by atoms with Gasteiger partial charge in [0, 0.05) is 0 Å². The molecular formula is C32H63N2+. The highest BCUT2D eigenvalue weighted by Gasteiger charge is 2.03. The monoisotopic (exact) mass is 475 g/mol. The van der Waals surface area contributed by atoms with Gasteiger partial charge in [0.2, 0.25) is 6.33 Å². The normalized spacial score (nSPS) is 11.5. The number of nitrogens with zero attached hydrogens (tertiary/aromatic N) is 2. The Morgan fingerprint density at radius 1 is 0.441 bits per heavy atom. The van der Waals surface area contributed by atoms with E-state index >= 15 is 0 Å². The molecular weight excluding hydrogens is 412 g/mol. The van der Waals surface area contributed by atoms with E-state index in [1.54, 1.807) is 0 Å². The van der Waals surface area contributed by atoms with Crippen LogP contribution in [0.15, 0.2) is 18.7 Å². The Bertz CT molecular complexity index is 507. The molecule has 0 aromatic carbocycles. The molecule has 1 rings (SSSR count). The van der Waals surface area contributed by atoms with Crippen molar-refractivity contribution in [1.82, 2.24) is 4.57 Å². The molecule has 0 aliphatic carbocycles. The summed E-state index contributed by atoms with van der Waals surface area (Å²) in [6.07, 6.45) is 42.7. The van der Waals surface area contributed by atoms with Crippen molar-refractivity contribution in [2.75, 3.05) is 0 Å². The minimum absolute atomic E-state index is 1.20. The third-order valence-electron chi connectivity index (χ3n) is 7.54. The van der Waals surface area contributed by atoms with Crippen LogP contribution in [0.4, 0.5) is 0 Å². The lowest BCUT2D eigenvalue weighted by Crippen LogP contribution is -2.30. The molecule has 200 valence electrons. The Hall–Kier alpha value is -0.790. The van der Waals surface area contributed by atoms with Gasteiger partial charge in [-0.15, -0.1) is 0 Å². The second-order valence-corrected chi connectivity index (χ2v) is 11.0. The summed E-state index contributed by atoms with van der Waals surface area (Å²) in [7, 11) is 0. The van der Waals surface area contributed by atoms with E-state index in [9.17, 15) is 0 Å². The number of hydrogen-bond donors (Lipinski definition) is 0. The van der Waals surface area contributed by atoms with Crippen molar-refractivity contribution in [2.24, 2.45) is 0 Å². The largest absolute Gasteiger partial charge is 0.243 e. The maximum Gasteiger partial charge on any atom is 0.243 e. The SMILES string of the molecule is CCCCCCCCCCCCCCCCn1cc[n+](CCCCCCCCCCCCC)c1. The zero-order chi connectivity index (χ0) is 24.4. The summed E-state index contributed by atoms with van der Waals surface area (Å²) in [5.41, 5.74) is 0. The van der Waals surface area contributed by atoms with Crippen molar-refractivity contribution in [3.8, 4) is 0 Å². The molecule has 1 aromatic heterocycles. The van der Waals surface area contributed by atoms with Crippen molar-refractivity contribution >= 4 is 0 Å². The Morgan fingerprint density at radius 3 is 1.21 bits per heavy atom.